The molecular formula is C14H22NO2+. The van der Waals surface area contributed by atoms with E-state index in [0.29, 0.717) is 6.61 Å². The quantitative estimate of drug-likeness (QED) is 0.760. The molecule has 3 nitrogen and oxygen atoms in total. The van der Waals surface area contributed by atoms with E-state index in [1.807, 2.05) is 32.0 Å². The smallest absolute Gasteiger partial charge is 0.308 e. The largest absolute Gasteiger partial charge is 0.466 e. The van der Waals surface area contributed by atoms with Crippen LogP contribution in [-0.2, 0) is 16.0 Å². The highest BCUT2D eigenvalue weighted by atomic mass is 16.5. The van der Waals surface area contributed by atoms with Gasteiger partial charge in [0.15, 0.2) is 0 Å². The first-order valence-electron chi connectivity index (χ1n) is 6.17. The van der Waals surface area contributed by atoms with Gasteiger partial charge < -0.3 is 10.5 Å². The zero-order valence-electron chi connectivity index (χ0n) is 10.7. The maximum absolute atomic E-state index is 11.5. The molecule has 0 unspecified atom stereocenters. The average Bonchev–Trinajstić information content (AvgIpc) is 2.30. The number of carbonyl (C=O) groups excluding carboxylic acids is 1. The van der Waals surface area contributed by atoms with Crippen LogP contribution < -0.4 is 5.73 Å². The lowest BCUT2D eigenvalue weighted by atomic mass is 9.97. The Morgan fingerprint density at radius 2 is 2.00 bits per heavy atom. The number of carbonyl (C=O) groups is 1. The number of hydrogen-bond acceptors (Lipinski definition) is 2. The van der Waals surface area contributed by atoms with E-state index in [2.05, 4.69) is 17.9 Å². The van der Waals surface area contributed by atoms with Crippen LogP contribution in [0.4, 0.5) is 0 Å². The molecule has 0 aliphatic carbocycles. The fourth-order valence-corrected chi connectivity index (χ4v) is 1.91. The topological polar surface area (TPSA) is 53.9 Å². The second-order valence-corrected chi connectivity index (χ2v) is 4.44. The standard InChI is InChI=1S/C14H21NO2/c1-3-17-14(16)11(2)9-13(15)10-12-7-5-4-6-8-12/h4-8,11,13H,3,9-10,15H2,1-2H3/p+1/t11-,13+/m0/s1. The molecule has 0 heterocycles. The highest BCUT2D eigenvalue weighted by Gasteiger charge is 2.19. The molecular weight excluding hydrogens is 214 g/mol. The van der Waals surface area contributed by atoms with E-state index in [4.69, 9.17) is 4.74 Å². The van der Waals surface area contributed by atoms with Gasteiger partial charge >= 0.3 is 5.97 Å². The van der Waals surface area contributed by atoms with Crippen molar-refractivity contribution in [1.82, 2.24) is 0 Å². The fraction of sp³-hybridized carbons (Fsp3) is 0.500. The monoisotopic (exact) mass is 236 g/mol. The summed E-state index contributed by atoms with van der Waals surface area (Å²) < 4.78 is 4.99. The van der Waals surface area contributed by atoms with Gasteiger partial charge in [-0.25, -0.2) is 0 Å². The van der Waals surface area contributed by atoms with Crippen molar-refractivity contribution in [3.05, 3.63) is 35.9 Å². The summed E-state index contributed by atoms with van der Waals surface area (Å²) in [5.41, 5.74) is 5.38. The first-order valence-corrected chi connectivity index (χ1v) is 6.17. The Morgan fingerprint density at radius 1 is 1.35 bits per heavy atom. The Balaban J connectivity index is 2.39. The Morgan fingerprint density at radius 3 is 2.59 bits per heavy atom. The average molecular weight is 236 g/mol. The van der Waals surface area contributed by atoms with Gasteiger partial charge in [-0.2, -0.15) is 0 Å². The van der Waals surface area contributed by atoms with Crippen molar-refractivity contribution in [2.45, 2.75) is 32.7 Å². The normalized spacial score (nSPS) is 14.1. The zero-order valence-corrected chi connectivity index (χ0v) is 10.7. The van der Waals surface area contributed by atoms with Crippen molar-refractivity contribution in [2.24, 2.45) is 5.92 Å². The Kier molecular flexibility index (Phi) is 5.70. The van der Waals surface area contributed by atoms with Crippen molar-refractivity contribution < 1.29 is 15.3 Å². The molecule has 94 valence electrons. The van der Waals surface area contributed by atoms with Gasteiger partial charge in [-0.05, 0) is 12.5 Å². The van der Waals surface area contributed by atoms with E-state index in [1.54, 1.807) is 0 Å². The molecule has 0 aromatic heterocycles. The van der Waals surface area contributed by atoms with Crippen LogP contribution in [0.3, 0.4) is 0 Å². The highest BCUT2D eigenvalue weighted by Crippen LogP contribution is 2.10. The van der Waals surface area contributed by atoms with Crippen molar-refractivity contribution in [3.8, 4) is 0 Å². The zero-order chi connectivity index (χ0) is 12.7. The second-order valence-electron chi connectivity index (χ2n) is 4.44. The SMILES string of the molecule is CCOC(=O)[C@@H](C)C[C@@H]([NH3+])Cc1ccccc1. The van der Waals surface area contributed by atoms with Gasteiger partial charge in [-0.1, -0.05) is 37.3 Å². The molecule has 2 atom stereocenters. The summed E-state index contributed by atoms with van der Waals surface area (Å²) in [5.74, 6) is -0.185. The lowest BCUT2D eigenvalue weighted by Gasteiger charge is -2.13. The van der Waals surface area contributed by atoms with Crippen LogP contribution in [0.15, 0.2) is 30.3 Å². The second kappa shape index (κ2) is 7.07. The van der Waals surface area contributed by atoms with Gasteiger partial charge in [0.25, 0.3) is 0 Å². The maximum atomic E-state index is 11.5. The third-order valence-corrected chi connectivity index (χ3v) is 2.74. The Hall–Kier alpha value is -1.35. The number of hydrogen-bond donors (Lipinski definition) is 1. The first-order chi connectivity index (χ1) is 8.13. The molecule has 0 fully saturated rings. The van der Waals surface area contributed by atoms with Gasteiger partial charge in [0.2, 0.25) is 0 Å². The predicted molar refractivity (Wildman–Crippen MR) is 67.2 cm³/mol. The molecule has 0 aliphatic heterocycles. The van der Waals surface area contributed by atoms with Crippen LogP contribution in [0.2, 0.25) is 0 Å². The summed E-state index contributed by atoms with van der Waals surface area (Å²) >= 11 is 0. The summed E-state index contributed by atoms with van der Waals surface area (Å²) in [7, 11) is 0. The molecule has 3 heteroatoms. The van der Waals surface area contributed by atoms with Crippen molar-refractivity contribution in [3.63, 3.8) is 0 Å². The molecule has 1 aromatic rings. The molecule has 0 saturated carbocycles. The maximum Gasteiger partial charge on any atom is 0.308 e. The van der Waals surface area contributed by atoms with Crippen LogP contribution in [0.25, 0.3) is 0 Å². The lowest BCUT2D eigenvalue weighted by Crippen LogP contribution is -2.62. The Labute approximate surface area is 103 Å². The van der Waals surface area contributed by atoms with Gasteiger partial charge in [0.05, 0.1) is 18.6 Å². The third-order valence-electron chi connectivity index (χ3n) is 2.74. The minimum absolute atomic E-state index is 0.0684. The van der Waals surface area contributed by atoms with Gasteiger partial charge in [-0.15, -0.1) is 0 Å². The van der Waals surface area contributed by atoms with E-state index < -0.39 is 0 Å². The molecule has 0 aliphatic rings. The molecule has 17 heavy (non-hydrogen) atoms. The lowest BCUT2D eigenvalue weighted by molar-refractivity contribution is -0.422. The molecule has 0 radical (unpaired) electrons. The van der Waals surface area contributed by atoms with Crippen LogP contribution in [0.5, 0.6) is 0 Å². The van der Waals surface area contributed by atoms with E-state index >= 15 is 0 Å². The summed E-state index contributed by atoms with van der Waals surface area (Å²) in [5, 5.41) is 0. The number of quaternary nitrogens is 1. The fourth-order valence-electron chi connectivity index (χ4n) is 1.91. The van der Waals surface area contributed by atoms with Gasteiger partial charge in [0, 0.05) is 12.8 Å². The number of ether oxygens (including phenoxy) is 1. The van der Waals surface area contributed by atoms with Crippen LogP contribution in [-0.4, -0.2) is 18.6 Å². The third kappa shape index (κ3) is 5.00. The van der Waals surface area contributed by atoms with Crippen LogP contribution in [0.1, 0.15) is 25.8 Å². The molecule has 1 rings (SSSR count). The van der Waals surface area contributed by atoms with Gasteiger partial charge in [0.1, 0.15) is 0 Å². The molecule has 0 saturated heterocycles. The Bertz CT molecular complexity index is 337. The first kappa shape index (κ1) is 13.7. The van der Waals surface area contributed by atoms with Crippen molar-refractivity contribution >= 4 is 5.97 Å². The van der Waals surface area contributed by atoms with E-state index in [9.17, 15) is 4.79 Å². The summed E-state index contributed by atoms with van der Waals surface area (Å²) in [6.45, 7) is 4.18. The van der Waals surface area contributed by atoms with Crippen LogP contribution >= 0.6 is 0 Å². The molecule has 3 N–H and O–H groups in total. The highest BCUT2D eigenvalue weighted by molar-refractivity contribution is 5.71. The van der Waals surface area contributed by atoms with Crippen molar-refractivity contribution in [1.29, 1.82) is 0 Å². The molecule has 0 amide bonds. The van der Waals surface area contributed by atoms with E-state index in [0.717, 1.165) is 12.8 Å². The number of rotatable bonds is 6. The van der Waals surface area contributed by atoms with E-state index in [1.165, 1.54) is 5.56 Å². The summed E-state index contributed by atoms with van der Waals surface area (Å²) in [6, 6.07) is 10.5. The molecule has 0 spiro atoms. The summed E-state index contributed by atoms with van der Waals surface area (Å²) in [6.07, 6.45) is 1.68. The van der Waals surface area contributed by atoms with Crippen molar-refractivity contribution in [2.75, 3.05) is 6.61 Å². The summed E-state index contributed by atoms with van der Waals surface area (Å²) in [4.78, 5) is 11.5. The molecule has 1 aromatic carbocycles. The number of esters is 1. The molecule has 0 bridgehead atoms. The number of benzene rings is 1. The predicted octanol–water partition coefficient (Wildman–Crippen LogP) is 1.43. The minimum atomic E-state index is -0.116. The van der Waals surface area contributed by atoms with E-state index in [-0.39, 0.29) is 17.9 Å². The van der Waals surface area contributed by atoms with Crippen LogP contribution in [0, 0.1) is 5.92 Å². The van der Waals surface area contributed by atoms with Gasteiger partial charge in [-0.3, -0.25) is 4.79 Å². The minimum Gasteiger partial charge on any atom is -0.466 e.